The second-order valence-electron chi connectivity index (χ2n) is 28.6. The number of nitrogens with two attached hydrogens (primary N) is 2. The van der Waals surface area contributed by atoms with Gasteiger partial charge in [-0.3, -0.25) is 47.9 Å². The fourth-order valence-corrected chi connectivity index (χ4v) is 13.8. The van der Waals surface area contributed by atoms with Crippen LogP contribution in [0.25, 0.3) is 0 Å². The number of quaternary nitrogens is 1. The minimum atomic E-state index is -4.46. The van der Waals surface area contributed by atoms with Gasteiger partial charge in [0.05, 0.1) is 74.5 Å². The van der Waals surface area contributed by atoms with E-state index in [-0.39, 0.29) is 67.9 Å². The van der Waals surface area contributed by atoms with E-state index in [4.69, 9.17) is 30.9 Å². The van der Waals surface area contributed by atoms with Gasteiger partial charge in [0.1, 0.15) is 42.5 Å². The van der Waals surface area contributed by atoms with Gasteiger partial charge in [0.15, 0.2) is 17.5 Å². The third-order valence-corrected chi connectivity index (χ3v) is 20.0. The van der Waals surface area contributed by atoms with Crippen molar-refractivity contribution < 1.29 is 75.0 Å². The molecule has 0 radical (unpaired) electrons. The van der Waals surface area contributed by atoms with Crippen LogP contribution in [0.2, 0.25) is 0 Å². The van der Waals surface area contributed by atoms with Gasteiger partial charge in [-0.1, -0.05) is 56.7 Å². The van der Waals surface area contributed by atoms with Crippen LogP contribution < -0.4 is 47.4 Å². The highest BCUT2D eigenvalue weighted by Gasteiger charge is 2.44. The standard InChI is InChI=1S/C76H99N13O14S/c1-75(2)56-24-20-42-87(40-17-9-13-28-64(91)79-38-16-15-26-59-73(98)84-58(27-19-39-80-74(77)78)72(97)81-47-65(92)82-60(46-66(93)94)61(90)45-53(71(96)83-59)44-50-22-11-8-12-23-50)69(56)85-62(75)36-30-51-48-89(5,6)49-52(68(51)103-54-32-34-55(35-33-54)104(99,100)101)31-37-63-76(3,4)57-25-21-43-88(70(57)86-63)41-18-10-14-29-67(95)102-7/h8,11-12,20-25,30-37,42-43,53,58-60H,9-10,13-19,26-29,38-41,44-49H2,1-7H3,(H9-2,77,78,79,80,81,82,83,84,91,92,93,94,96,97,98,99,100,101)/p+2/t53-,58-,59-,60-/m1/s1. The van der Waals surface area contributed by atoms with Crippen molar-refractivity contribution in [1.29, 1.82) is 0 Å². The summed E-state index contributed by atoms with van der Waals surface area (Å²) in [5.41, 5.74) is 16.4. The Morgan fingerprint density at radius 2 is 1.51 bits per heavy atom. The molecular weight excluding hydrogens is 1350 g/mol. The van der Waals surface area contributed by atoms with Crippen molar-refractivity contribution in [3.63, 3.8) is 0 Å². The lowest BCUT2D eigenvalue weighted by Crippen LogP contribution is -2.55. The van der Waals surface area contributed by atoms with E-state index in [1.807, 2.05) is 30.6 Å². The molecule has 104 heavy (non-hydrogen) atoms. The number of hydrogen-bond donors (Lipinski definition) is 9. The second-order valence-corrected chi connectivity index (χ2v) is 30.0. The average Bonchev–Trinajstić information content (AvgIpc) is 1.64. The first-order valence-electron chi connectivity index (χ1n) is 35.5. The number of aromatic nitrogens is 1. The lowest BCUT2D eigenvalue weighted by atomic mass is 9.81. The Labute approximate surface area is 608 Å². The predicted octanol–water partition coefficient (Wildman–Crippen LogP) is 6.08. The number of esters is 1. The molecule has 0 aliphatic carbocycles. The molecule has 27 nitrogen and oxygen atoms in total. The molecule has 0 unspecified atom stereocenters. The molecule has 3 aromatic rings. The molecule has 5 aliphatic rings. The smallest absolute Gasteiger partial charge is 0.327 e. The molecule has 28 heteroatoms. The zero-order valence-electron chi connectivity index (χ0n) is 60.6. The third-order valence-electron chi connectivity index (χ3n) is 19.1. The zero-order chi connectivity index (χ0) is 75.4. The largest absolute Gasteiger partial charge is 0.481 e. The molecule has 5 amide bonds. The summed E-state index contributed by atoms with van der Waals surface area (Å²) < 4.78 is 48.3. The lowest BCUT2D eigenvalue weighted by molar-refractivity contribution is -0.882. The number of aliphatic imine (C=N–C) groups is 3. The van der Waals surface area contributed by atoms with Gasteiger partial charge in [-0.05, 0) is 162 Å². The number of Topliss-reactive ketones (excluding diaryl/α,β-unsaturated/α-hetero) is 1. The maximum atomic E-state index is 14.3. The summed E-state index contributed by atoms with van der Waals surface area (Å²) in [6.07, 6.45) is 21.6. The van der Waals surface area contributed by atoms with Crippen molar-refractivity contribution in [2.45, 2.75) is 165 Å². The fraction of sp³-hybridized carbons (Fsp3) is 0.474. The number of allylic oxidation sites excluding steroid dienone is 6. The molecule has 0 spiro atoms. The van der Waals surface area contributed by atoms with E-state index in [1.54, 1.807) is 30.3 Å². The van der Waals surface area contributed by atoms with Crippen molar-refractivity contribution in [3.05, 3.63) is 155 Å². The monoisotopic (exact) mass is 1450 g/mol. The van der Waals surface area contributed by atoms with Gasteiger partial charge in [0.25, 0.3) is 10.1 Å². The number of unbranched alkanes of at least 4 members (excludes halogenated alkanes) is 5. The number of ketones is 1. The van der Waals surface area contributed by atoms with Crippen molar-refractivity contribution in [2.75, 3.05) is 60.5 Å². The molecule has 1 aromatic heterocycles. The number of aliphatic carboxylic acids is 1. The number of hydrogen-bond acceptors (Lipinski definition) is 16. The molecule has 0 bridgehead atoms. The highest BCUT2D eigenvalue weighted by atomic mass is 32.2. The van der Waals surface area contributed by atoms with Crippen LogP contribution in [-0.4, -0.2) is 171 Å². The number of carboxylic acid groups (broad SMARTS) is 1. The minimum Gasteiger partial charge on any atom is -0.481 e. The van der Waals surface area contributed by atoms with E-state index in [0.717, 1.165) is 84.0 Å². The van der Waals surface area contributed by atoms with E-state index in [9.17, 15) is 56.4 Å². The normalized spacial score (nSPS) is 21.1. The molecule has 1 saturated heterocycles. The van der Waals surface area contributed by atoms with Crippen LogP contribution in [0.5, 0.6) is 5.75 Å². The van der Waals surface area contributed by atoms with Crippen molar-refractivity contribution in [2.24, 2.45) is 37.8 Å². The van der Waals surface area contributed by atoms with Crippen LogP contribution in [-0.2, 0) is 71.6 Å². The number of amidine groups is 1. The first-order chi connectivity index (χ1) is 49.4. The molecular formula is C76H101N13O14S+2. The van der Waals surface area contributed by atoms with E-state index in [0.29, 0.717) is 66.9 Å². The first kappa shape index (κ1) is 79.8. The Bertz CT molecular complexity index is 4090. The number of methoxy groups -OCH3 is 1. The number of fused-ring (bicyclic) bond motifs is 2. The number of aryl methyl sites for hydroxylation is 1. The van der Waals surface area contributed by atoms with Gasteiger partial charge < -0.3 is 62.0 Å². The van der Waals surface area contributed by atoms with Crippen LogP contribution >= 0.6 is 0 Å². The van der Waals surface area contributed by atoms with Crippen LogP contribution in [0.3, 0.4) is 0 Å². The Balaban J connectivity index is 0.914. The molecule has 6 heterocycles. The molecule has 558 valence electrons. The molecule has 1 fully saturated rings. The lowest BCUT2D eigenvalue weighted by Gasteiger charge is -2.36. The summed E-state index contributed by atoms with van der Waals surface area (Å²) in [4.78, 5) is 122. The maximum absolute atomic E-state index is 14.3. The van der Waals surface area contributed by atoms with Crippen molar-refractivity contribution >= 4 is 80.7 Å². The van der Waals surface area contributed by atoms with Crippen LogP contribution in [0.4, 0.5) is 5.82 Å². The number of carboxylic acids is 1. The SMILES string of the molecule is COC(=O)CCCCCN1C=CC=C2C1=N/C(=C/C=C1\C[N+](C)(C)CC(/C=C/C3=Nc4c(ccc[n+]4CCCCCC(=O)NCCCC[C@H]4NC(=O)[C@H](Cc5ccccc5)CC(=O)[C@@H](CC(=O)O)NC(=O)CNC(=O)[C@@H](CCCN=C(N)N)NC4=O)C3(C)C)=C1Oc1ccc(S(=O)(=O)O)cc1)C2(C)C. The first-order valence-corrected chi connectivity index (χ1v) is 37.0. The average molecular weight is 1450 g/mol. The summed E-state index contributed by atoms with van der Waals surface area (Å²) in [5.74, 6) is -4.00. The molecule has 2 aromatic carbocycles. The number of amides is 5. The Morgan fingerprint density at radius 3 is 2.23 bits per heavy atom. The number of rotatable bonds is 31. The number of pyridine rings is 1. The number of guanidine groups is 1. The van der Waals surface area contributed by atoms with Gasteiger partial charge in [0.2, 0.25) is 29.5 Å². The van der Waals surface area contributed by atoms with E-state index < -0.39 is 99.8 Å². The maximum Gasteiger partial charge on any atom is 0.327 e. The third kappa shape index (κ3) is 22.5. The van der Waals surface area contributed by atoms with Crippen LogP contribution in [0.1, 0.15) is 135 Å². The van der Waals surface area contributed by atoms with E-state index >= 15 is 0 Å². The van der Waals surface area contributed by atoms with E-state index in [2.05, 4.69) is 113 Å². The van der Waals surface area contributed by atoms with Crippen molar-refractivity contribution in [1.82, 2.24) is 31.5 Å². The number of carbonyl (C=O) groups excluding carboxylic acids is 7. The Kier molecular flexibility index (Phi) is 28.0. The number of benzene rings is 2. The number of ether oxygens (including phenoxy) is 2. The van der Waals surface area contributed by atoms with Gasteiger partial charge in [-0.25, -0.2) is 9.56 Å². The van der Waals surface area contributed by atoms with Crippen LogP contribution in [0, 0.1) is 11.3 Å². The molecule has 0 saturated carbocycles. The van der Waals surface area contributed by atoms with Gasteiger partial charge >= 0.3 is 17.8 Å². The minimum absolute atomic E-state index is 0.0311. The van der Waals surface area contributed by atoms with Gasteiger partial charge in [-0.15, -0.1) is 0 Å². The zero-order valence-corrected chi connectivity index (χ0v) is 61.4. The van der Waals surface area contributed by atoms with E-state index in [1.165, 1.54) is 31.4 Å². The van der Waals surface area contributed by atoms with Crippen molar-refractivity contribution in [3.8, 4) is 5.75 Å². The summed E-state index contributed by atoms with van der Waals surface area (Å²) in [5, 5.41) is 23.0. The summed E-state index contributed by atoms with van der Waals surface area (Å²) in [6, 6.07) is 14.7. The molecule has 5 aliphatic heterocycles. The van der Waals surface area contributed by atoms with Crippen LogP contribution in [0.15, 0.2) is 164 Å². The Hall–Kier alpha value is -9.93. The topological polar surface area (TPSA) is 386 Å². The number of nitrogens with zero attached hydrogens (tertiary/aromatic N) is 6. The molecule has 4 atom stereocenters. The highest BCUT2D eigenvalue weighted by Crippen LogP contribution is 2.45. The molecule has 11 N–H and O–H groups in total. The Morgan fingerprint density at radius 1 is 0.798 bits per heavy atom. The predicted molar refractivity (Wildman–Crippen MR) is 393 cm³/mol. The number of nitrogens with one attached hydrogen (secondary N) is 5. The highest BCUT2D eigenvalue weighted by molar-refractivity contribution is 7.85. The molecule has 8 rings (SSSR count). The summed E-state index contributed by atoms with van der Waals surface area (Å²) in [6.45, 7) is 10.9. The summed E-state index contributed by atoms with van der Waals surface area (Å²) in [7, 11) is 1.24. The summed E-state index contributed by atoms with van der Waals surface area (Å²) >= 11 is 0. The quantitative estimate of drug-likeness (QED) is 0.00670. The second kappa shape index (κ2) is 36.5. The fourth-order valence-electron chi connectivity index (χ4n) is 13.3. The van der Waals surface area contributed by atoms with Gasteiger partial charge in [0, 0.05) is 73.1 Å². The number of carbonyl (C=O) groups is 8. The number of likely N-dealkylation sites (N-methyl/N-ethyl adjacent to an activating group) is 1. The van der Waals surface area contributed by atoms with Gasteiger partial charge in [-0.2, -0.15) is 8.42 Å².